The van der Waals surface area contributed by atoms with Crippen molar-refractivity contribution in [3.05, 3.63) is 449 Å². The van der Waals surface area contributed by atoms with E-state index in [1.54, 1.807) is 0 Å². The lowest BCUT2D eigenvalue weighted by atomic mass is 9.89. The van der Waals surface area contributed by atoms with Crippen molar-refractivity contribution in [2.24, 2.45) is 0 Å². The van der Waals surface area contributed by atoms with Crippen LogP contribution in [-0.4, -0.2) is 58.1 Å². The smallest absolute Gasteiger partial charge is 0.160 e. The summed E-state index contributed by atoms with van der Waals surface area (Å²) in [5.74, 6) is 0.719. The second-order valence-electron chi connectivity index (χ2n) is 34.6. The number of fused-ring (bicyclic) bond motifs is 33. The van der Waals surface area contributed by atoms with E-state index in [4.69, 9.17) is 44.9 Å². The Morgan fingerprint density at radius 3 is 0.881 bits per heavy atom. The number of nitrogens with zero attached hydrogens (tertiary/aromatic N) is 12. The van der Waals surface area contributed by atoms with Crippen LogP contribution in [0.25, 0.3) is 270 Å². The maximum atomic E-state index is 5.39. The molecule has 0 bridgehead atoms. The van der Waals surface area contributed by atoms with Gasteiger partial charge in [0.1, 0.15) is 16.9 Å². The van der Waals surface area contributed by atoms with Gasteiger partial charge in [-0.3, -0.25) is 13.2 Å². The lowest BCUT2D eigenvalue weighted by Gasteiger charge is -2.16. The Hall–Kier alpha value is -18.4. The van der Waals surface area contributed by atoms with Crippen LogP contribution in [-0.2, 0) is 0 Å². The van der Waals surface area contributed by atoms with Crippen LogP contribution in [0.2, 0.25) is 0 Å². The zero-order valence-corrected chi connectivity index (χ0v) is 72.6. The van der Waals surface area contributed by atoms with E-state index in [2.05, 4.69) is 390 Å². The molecule has 0 atom stereocenters. The maximum Gasteiger partial charge on any atom is 0.160 e. The van der Waals surface area contributed by atoms with Crippen LogP contribution in [0.5, 0.6) is 0 Å². The molecule has 9 aromatic heterocycles. The third-order valence-corrected chi connectivity index (χ3v) is 26.9. The molecule has 20 aromatic carbocycles. The topological polar surface area (TPSA) is 129 Å². The molecule has 12 heteroatoms. The highest BCUT2D eigenvalue weighted by Crippen LogP contribution is 2.48. The molecule has 0 aliphatic heterocycles. The quantitative estimate of drug-likeness (QED) is 0.137. The summed E-state index contributed by atoms with van der Waals surface area (Å²) in [5.41, 5.74) is 28.8. The summed E-state index contributed by atoms with van der Waals surface area (Å²) >= 11 is 0. The molecule has 0 saturated heterocycles. The summed E-state index contributed by atoms with van der Waals surface area (Å²) in [6.45, 7) is 0. The van der Waals surface area contributed by atoms with E-state index in [1.807, 2.05) is 72.8 Å². The standard InChI is InChI=1S/C49H30N4.2C37H22N4/c1-4-14-31(15-5-1)39-29-42-43(51-47(34-19-8-3-9-20-34)46(50-42)33-17-6-2-7-18-33)30-40(39)35-24-25-37-41(28-35)45-36-21-11-10-16-32(36)23-26-38(45)48-49(37)53-27-13-12-22-44(53)52-48;1-2-11-24(12-3-1)34-35(39-31-15-7-6-14-30(31)38-34)25-18-19-27-29(22-25)33-26-13-5-4-10-23(26)17-20-28(33)36-37(27)41-21-9-8-16-32(41)40-36;1-2-11-24(12-3-1)34-28-14-6-7-15-31(28)38-37(40-34)25-18-19-27-30(22-25)33-26-13-5-4-10-23(26)17-20-29(33)35-36(27)41-21-9-8-16-32(41)39-35/h1-30H;2*1-22H. The van der Waals surface area contributed by atoms with Crippen LogP contribution < -0.4 is 0 Å². The zero-order chi connectivity index (χ0) is 88.7. The average molecular weight is 1720 g/mol. The van der Waals surface area contributed by atoms with Gasteiger partial charge in [0.15, 0.2) is 5.82 Å². The number of pyridine rings is 3. The number of rotatable bonds is 8. The molecule has 0 spiro atoms. The lowest BCUT2D eigenvalue weighted by molar-refractivity contribution is 1.23. The fourth-order valence-electron chi connectivity index (χ4n) is 20.7. The van der Waals surface area contributed by atoms with E-state index >= 15 is 0 Å². The number of hydrogen-bond acceptors (Lipinski definition) is 9. The SMILES string of the molecule is c1ccc(-c2cc3nc(-c4ccccc4)c(-c4ccccc4)nc3cc2-c2ccc3c(c2)c2c4ccccc4ccc2c2nc4ccccn4c32)cc1.c1ccc(-c2nc(-c3ccc4c(c3)c3c5ccccc5ccc3c3nc5ccccn5c43)nc3ccccc23)cc1.c1ccc(-c2nc3ccccc3nc2-c2ccc3c(c2)c2c4ccccc4ccc2c2nc4ccccn4c32)cc1. The molecular weight excluding hydrogens is 1650 g/mol. The third-order valence-electron chi connectivity index (χ3n) is 26.9. The van der Waals surface area contributed by atoms with Crippen molar-refractivity contribution >= 4 is 180 Å². The molecule has 0 N–H and O–H groups in total. The van der Waals surface area contributed by atoms with Gasteiger partial charge in [-0.05, 0) is 172 Å². The van der Waals surface area contributed by atoms with Crippen molar-refractivity contribution in [3.8, 4) is 89.9 Å². The molecule has 0 amide bonds. The van der Waals surface area contributed by atoms with Crippen LogP contribution in [0.15, 0.2) is 449 Å². The average Bonchev–Trinajstić information content (AvgIpc) is 1.61. The van der Waals surface area contributed by atoms with Gasteiger partial charge in [-0.15, -0.1) is 0 Å². The highest BCUT2D eigenvalue weighted by molar-refractivity contribution is 6.34. The summed E-state index contributed by atoms with van der Waals surface area (Å²) < 4.78 is 6.63. The van der Waals surface area contributed by atoms with Gasteiger partial charge in [0, 0.05) is 89.7 Å². The fraction of sp³-hybridized carbons (Fsp3) is 0. The van der Waals surface area contributed by atoms with Crippen molar-refractivity contribution in [1.29, 1.82) is 0 Å². The first-order valence-electron chi connectivity index (χ1n) is 45.5. The first kappa shape index (κ1) is 76.6. The van der Waals surface area contributed by atoms with Gasteiger partial charge >= 0.3 is 0 Å². The molecule has 29 aromatic rings. The van der Waals surface area contributed by atoms with E-state index in [-0.39, 0.29) is 0 Å². The molecule has 0 radical (unpaired) electrons. The second kappa shape index (κ2) is 31.2. The minimum absolute atomic E-state index is 0.719. The molecule has 0 aliphatic rings. The fourth-order valence-corrected chi connectivity index (χ4v) is 20.7. The monoisotopic (exact) mass is 1720 g/mol. The Labute approximate surface area is 772 Å². The predicted octanol–water partition coefficient (Wildman–Crippen LogP) is 31.0. The third kappa shape index (κ3) is 12.6. The first-order chi connectivity index (χ1) is 66.9. The molecule has 9 heterocycles. The summed E-state index contributed by atoms with van der Waals surface area (Å²) in [4.78, 5) is 46.7. The highest BCUT2D eigenvalue weighted by atomic mass is 15.0. The van der Waals surface area contributed by atoms with Gasteiger partial charge in [0.25, 0.3) is 0 Å². The van der Waals surface area contributed by atoms with E-state index in [0.29, 0.717) is 0 Å². The number of hydrogen-bond donors (Lipinski definition) is 0. The highest BCUT2D eigenvalue weighted by Gasteiger charge is 2.26. The second-order valence-corrected chi connectivity index (χ2v) is 34.6. The predicted molar refractivity (Wildman–Crippen MR) is 558 cm³/mol. The number of imidazole rings is 3. The Bertz CT molecular complexity index is 9960. The molecule has 626 valence electrons. The molecule has 29 rings (SSSR count). The summed E-state index contributed by atoms with van der Waals surface area (Å²) in [7, 11) is 0. The van der Waals surface area contributed by atoms with Gasteiger partial charge in [-0.25, -0.2) is 44.9 Å². The molecular formula is C123H74N12. The van der Waals surface area contributed by atoms with E-state index in [1.165, 1.54) is 75.4 Å². The Kier molecular flexibility index (Phi) is 17.7. The summed E-state index contributed by atoms with van der Waals surface area (Å²) in [5, 5.41) is 22.5. The van der Waals surface area contributed by atoms with Gasteiger partial charge in [-0.1, -0.05) is 346 Å². The van der Waals surface area contributed by atoms with Crippen LogP contribution in [0, 0.1) is 0 Å². The number of benzene rings is 20. The van der Waals surface area contributed by atoms with Crippen LogP contribution in [0.3, 0.4) is 0 Å². The van der Waals surface area contributed by atoms with Gasteiger partial charge < -0.3 is 0 Å². The number of para-hydroxylation sites is 3. The van der Waals surface area contributed by atoms with E-state index in [0.717, 1.165) is 194 Å². The van der Waals surface area contributed by atoms with Gasteiger partial charge in [-0.2, -0.15) is 0 Å². The van der Waals surface area contributed by atoms with Crippen molar-refractivity contribution in [2.75, 3.05) is 0 Å². The maximum absolute atomic E-state index is 5.39. The summed E-state index contributed by atoms with van der Waals surface area (Å²) in [6.07, 6.45) is 6.32. The van der Waals surface area contributed by atoms with Gasteiger partial charge in [0.05, 0.1) is 89.2 Å². The van der Waals surface area contributed by atoms with Crippen molar-refractivity contribution < 1.29 is 0 Å². The van der Waals surface area contributed by atoms with E-state index < -0.39 is 0 Å². The Balaban J connectivity index is 0.000000104. The van der Waals surface area contributed by atoms with Gasteiger partial charge in [0.2, 0.25) is 0 Å². The molecule has 0 fully saturated rings. The van der Waals surface area contributed by atoms with Crippen LogP contribution >= 0.6 is 0 Å². The molecule has 0 unspecified atom stereocenters. The Morgan fingerprint density at radius 1 is 0.156 bits per heavy atom. The molecule has 135 heavy (non-hydrogen) atoms. The minimum atomic E-state index is 0.719. The van der Waals surface area contributed by atoms with Crippen molar-refractivity contribution in [3.63, 3.8) is 0 Å². The number of aromatic nitrogens is 12. The van der Waals surface area contributed by atoms with E-state index in [9.17, 15) is 0 Å². The van der Waals surface area contributed by atoms with Crippen LogP contribution in [0.1, 0.15) is 0 Å². The first-order valence-corrected chi connectivity index (χ1v) is 45.5. The molecule has 12 nitrogen and oxygen atoms in total. The lowest BCUT2D eigenvalue weighted by Crippen LogP contribution is -1.97. The Morgan fingerprint density at radius 2 is 0.459 bits per heavy atom. The normalized spacial score (nSPS) is 11.9. The molecule has 0 saturated carbocycles. The van der Waals surface area contributed by atoms with Crippen molar-refractivity contribution in [1.82, 2.24) is 58.1 Å². The summed E-state index contributed by atoms with van der Waals surface area (Å²) in [6, 6.07) is 151. The van der Waals surface area contributed by atoms with Crippen LogP contribution in [0.4, 0.5) is 0 Å². The molecule has 0 aliphatic carbocycles. The largest absolute Gasteiger partial charge is 0.299 e. The zero-order valence-electron chi connectivity index (χ0n) is 72.6. The minimum Gasteiger partial charge on any atom is -0.299 e. The van der Waals surface area contributed by atoms with Crippen molar-refractivity contribution in [2.45, 2.75) is 0 Å².